The number of aromatic nitrogens is 2. The van der Waals surface area contributed by atoms with Crippen LogP contribution in [0.5, 0.6) is 0 Å². The van der Waals surface area contributed by atoms with Crippen molar-refractivity contribution in [3.63, 3.8) is 0 Å². The van der Waals surface area contributed by atoms with E-state index >= 15 is 0 Å². The van der Waals surface area contributed by atoms with E-state index in [9.17, 15) is 18.0 Å². The summed E-state index contributed by atoms with van der Waals surface area (Å²) in [6.45, 7) is 6.68. The van der Waals surface area contributed by atoms with Crippen LogP contribution in [-0.4, -0.2) is 39.8 Å². The van der Waals surface area contributed by atoms with E-state index in [2.05, 4.69) is 38.0 Å². The summed E-state index contributed by atoms with van der Waals surface area (Å²) in [4.78, 5) is 15.3. The van der Waals surface area contributed by atoms with E-state index in [1.54, 1.807) is 4.40 Å². The molecule has 0 unspecified atom stereocenters. The number of rotatable bonds is 11. The molecule has 1 amide bonds. The standard InChI is InChI=1S/C9H5F3N3O.3C4H9.Sn/c10-9(11,12)8(16)14-6-5-15-4-2-1-3-7(15)13-6;3*1-3-4-2;/h1,3-5H,(H,14,16);3*1,3-4H2,2H3;. The van der Waals surface area contributed by atoms with Crippen molar-refractivity contribution in [1.82, 2.24) is 9.38 Å². The van der Waals surface area contributed by atoms with Gasteiger partial charge in [0.2, 0.25) is 0 Å². The summed E-state index contributed by atoms with van der Waals surface area (Å²) in [7, 11) is 0. The first-order chi connectivity index (χ1) is 13.8. The Morgan fingerprint density at radius 3 is 2.03 bits per heavy atom. The second-order valence-electron chi connectivity index (χ2n) is 7.85. The number of nitrogens with zero attached hydrogens (tertiary/aromatic N) is 2. The van der Waals surface area contributed by atoms with Gasteiger partial charge in [-0.05, 0) is 0 Å². The van der Waals surface area contributed by atoms with Crippen LogP contribution >= 0.6 is 0 Å². The molecule has 0 saturated carbocycles. The van der Waals surface area contributed by atoms with E-state index in [1.807, 2.05) is 11.4 Å². The number of hydrogen-bond acceptors (Lipinski definition) is 2. The monoisotopic (exact) mass is 519 g/mol. The van der Waals surface area contributed by atoms with Crippen LogP contribution in [0, 0.1) is 0 Å². The Morgan fingerprint density at radius 1 is 1.00 bits per heavy atom. The number of alkyl halides is 3. The number of carbonyl (C=O) groups is 1. The van der Waals surface area contributed by atoms with Crippen LogP contribution in [0.1, 0.15) is 59.3 Å². The topological polar surface area (TPSA) is 46.4 Å². The van der Waals surface area contributed by atoms with E-state index < -0.39 is 30.5 Å². The predicted octanol–water partition coefficient (Wildman–Crippen LogP) is 5.89. The number of hydrogen-bond donors (Lipinski definition) is 1. The minimum absolute atomic E-state index is 0.0686. The van der Waals surface area contributed by atoms with Crippen molar-refractivity contribution in [3.05, 3.63) is 24.5 Å². The van der Waals surface area contributed by atoms with Gasteiger partial charge in [0.25, 0.3) is 0 Å². The van der Waals surface area contributed by atoms with Crippen molar-refractivity contribution in [2.24, 2.45) is 0 Å². The molecule has 0 radical (unpaired) electrons. The summed E-state index contributed by atoms with van der Waals surface area (Å²) >= 11 is -2.63. The second kappa shape index (κ2) is 10.7. The van der Waals surface area contributed by atoms with Gasteiger partial charge < -0.3 is 0 Å². The summed E-state index contributed by atoms with van der Waals surface area (Å²) in [6.07, 6.45) is 5.87. The molecule has 2 rings (SSSR count). The molecule has 0 bridgehead atoms. The van der Waals surface area contributed by atoms with Crippen LogP contribution in [0.15, 0.2) is 24.5 Å². The number of carbonyl (C=O) groups excluding carboxylic acids is 1. The average molecular weight is 518 g/mol. The number of unbranched alkanes of at least 4 members (excludes halogenated alkanes) is 3. The molecule has 8 heteroatoms. The SMILES string of the molecule is CCC[CH2][Sn]([CH2]CCC)([CH2]CCC)[c]1ccc2nc(NC(=O)C(F)(F)F)cn2c1. The van der Waals surface area contributed by atoms with Crippen molar-refractivity contribution in [2.75, 3.05) is 5.32 Å². The van der Waals surface area contributed by atoms with Crippen molar-refractivity contribution >= 4 is 39.3 Å². The molecule has 0 aliphatic rings. The summed E-state index contributed by atoms with van der Waals surface area (Å²) in [6, 6.07) is 4.03. The summed E-state index contributed by atoms with van der Waals surface area (Å²) < 4.78 is 44.7. The van der Waals surface area contributed by atoms with Gasteiger partial charge >= 0.3 is 175 Å². The van der Waals surface area contributed by atoms with E-state index in [-0.39, 0.29) is 5.82 Å². The Morgan fingerprint density at radius 2 is 1.55 bits per heavy atom. The van der Waals surface area contributed by atoms with Gasteiger partial charge in [-0.25, -0.2) is 0 Å². The Kier molecular flexibility index (Phi) is 8.85. The fourth-order valence-electron chi connectivity index (χ4n) is 3.91. The van der Waals surface area contributed by atoms with Gasteiger partial charge in [0.15, 0.2) is 0 Å². The Balaban J connectivity index is 2.39. The van der Waals surface area contributed by atoms with Gasteiger partial charge in [-0.3, -0.25) is 0 Å². The number of pyridine rings is 1. The van der Waals surface area contributed by atoms with Gasteiger partial charge in [0, 0.05) is 0 Å². The van der Waals surface area contributed by atoms with Crippen LogP contribution in [0.3, 0.4) is 0 Å². The van der Waals surface area contributed by atoms with Crippen LogP contribution in [-0.2, 0) is 4.79 Å². The zero-order valence-electron chi connectivity index (χ0n) is 17.6. The fourth-order valence-corrected chi connectivity index (χ4v) is 19.8. The van der Waals surface area contributed by atoms with Crippen molar-refractivity contribution < 1.29 is 18.0 Å². The van der Waals surface area contributed by atoms with E-state index in [1.165, 1.54) is 61.6 Å². The van der Waals surface area contributed by atoms with Gasteiger partial charge in [0.05, 0.1) is 0 Å². The molecule has 2 heterocycles. The first-order valence-electron chi connectivity index (χ1n) is 10.6. The summed E-state index contributed by atoms with van der Waals surface area (Å²) in [5, 5.41) is 1.85. The maximum atomic E-state index is 12.5. The first kappa shape index (κ1) is 24.0. The third kappa shape index (κ3) is 6.36. The molecule has 0 saturated heterocycles. The van der Waals surface area contributed by atoms with E-state index in [0.29, 0.717) is 5.65 Å². The second-order valence-corrected chi connectivity index (χ2v) is 21.1. The van der Waals surface area contributed by atoms with Crippen molar-refractivity contribution in [2.45, 2.75) is 78.8 Å². The number of anilines is 1. The van der Waals surface area contributed by atoms with Gasteiger partial charge in [0.1, 0.15) is 0 Å². The third-order valence-electron chi connectivity index (χ3n) is 5.59. The normalized spacial score (nSPS) is 12.5. The predicted molar refractivity (Wildman–Crippen MR) is 114 cm³/mol. The molecule has 162 valence electrons. The van der Waals surface area contributed by atoms with E-state index in [4.69, 9.17) is 0 Å². The Bertz CT molecular complexity index is 782. The van der Waals surface area contributed by atoms with Gasteiger partial charge in [-0.15, -0.1) is 0 Å². The zero-order chi connectivity index (χ0) is 21.5. The summed E-state index contributed by atoms with van der Waals surface area (Å²) in [5.41, 5.74) is 0.549. The molecule has 0 spiro atoms. The Hall–Kier alpha value is -1.25. The van der Waals surface area contributed by atoms with Crippen LogP contribution in [0.25, 0.3) is 5.65 Å². The fraction of sp³-hybridized carbons (Fsp3) is 0.619. The third-order valence-corrected chi connectivity index (χ3v) is 21.2. The first-order valence-corrected chi connectivity index (χ1v) is 18.1. The molecule has 0 atom stereocenters. The van der Waals surface area contributed by atoms with Crippen molar-refractivity contribution in [3.8, 4) is 0 Å². The number of imidazole rings is 1. The molecule has 1 N–H and O–H groups in total. The molecule has 0 aliphatic carbocycles. The van der Waals surface area contributed by atoms with Gasteiger partial charge in [-0.2, -0.15) is 0 Å². The molecule has 29 heavy (non-hydrogen) atoms. The van der Waals surface area contributed by atoms with E-state index in [0.717, 1.165) is 0 Å². The molecule has 0 aliphatic heterocycles. The molecule has 0 aromatic carbocycles. The van der Waals surface area contributed by atoms with Crippen LogP contribution < -0.4 is 8.90 Å². The van der Waals surface area contributed by atoms with Gasteiger partial charge in [-0.1, -0.05) is 0 Å². The van der Waals surface area contributed by atoms with Crippen LogP contribution in [0.4, 0.5) is 19.0 Å². The molecule has 2 aromatic rings. The minimum atomic E-state index is -4.92. The number of halogens is 3. The molecule has 2 aromatic heterocycles. The number of fused-ring (bicyclic) bond motifs is 1. The maximum absolute atomic E-state index is 12.5. The number of nitrogens with one attached hydrogen (secondary N) is 1. The molecule has 4 nitrogen and oxygen atoms in total. The molecule has 0 fully saturated rings. The Labute approximate surface area is 175 Å². The van der Waals surface area contributed by atoms with Crippen LogP contribution in [0.2, 0.25) is 13.3 Å². The quantitative estimate of drug-likeness (QED) is 0.378. The average Bonchev–Trinajstić information content (AvgIpc) is 3.08. The number of amides is 1. The zero-order valence-corrected chi connectivity index (χ0v) is 20.5. The molecular weight excluding hydrogens is 486 g/mol. The van der Waals surface area contributed by atoms with Crippen molar-refractivity contribution in [1.29, 1.82) is 0 Å². The summed E-state index contributed by atoms with van der Waals surface area (Å²) in [5.74, 6) is -2.07. The molecular formula is C21H32F3N3OSn.